The smallest absolute Gasteiger partial charge is 0.343 e. The summed E-state index contributed by atoms with van der Waals surface area (Å²) in [4.78, 5) is 50.5. The number of thioether (sulfide) groups is 1. The second-order valence-electron chi connectivity index (χ2n) is 7.71. The van der Waals surface area contributed by atoms with Gasteiger partial charge in [-0.1, -0.05) is 29.8 Å². The maximum atomic E-state index is 12.9. The molecule has 0 aromatic heterocycles. The zero-order valence-electron chi connectivity index (χ0n) is 20.2. The van der Waals surface area contributed by atoms with Crippen LogP contribution in [0.4, 0.5) is 10.5 Å². The van der Waals surface area contributed by atoms with Crippen molar-refractivity contribution in [3.05, 3.63) is 56.9 Å². The first-order valence-electron chi connectivity index (χ1n) is 10.9. The van der Waals surface area contributed by atoms with Crippen molar-refractivity contribution in [2.75, 3.05) is 32.2 Å². The first-order chi connectivity index (χ1) is 17.1. The molecule has 190 valence electrons. The Morgan fingerprint density at radius 1 is 1.14 bits per heavy atom. The lowest BCUT2D eigenvalue weighted by molar-refractivity contribution is -0.143. The molecule has 1 fully saturated rings. The van der Waals surface area contributed by atoms with E-state index in [0.29, 0.717) is 17.9 Å². The maximum absolute atomic E-state index is 12.9. The number of imide groups is 1. The summed E-state index contributed by atoms with van der Waals surface area (Å²) >= 11 is 7.06. The van der Waals surface area contributed by atoms with Gasteiger partial charge in [0.25, 0.3) is 11.1 Å². The van der Waals surface area contributed by atoms with Crippen molar-refractivity contribution in [1.29, 1.82) is 0 Å². The van der Waals surface area contributed by atoms with Crippen molar-refractivity contribution in [2.24, 2.45) is 0 Å². The number of carbonyl (C=O) groups is 4. The first kappa shape index (κ1) is 27.1. The highest BCUT2D eigenvalue weighted by molar-refractivity contribution is 8.18. The number of amides is 3. The van der Waals surface area contributed by atoms with Crippen molar-refractivity contribution in [1.82, 2.24) is 4.90 Å². The van der Waals surface area contributed by atoms with Gasteiger partial charge in [-0.15, -0.1) is 0 Å². The third-order valence-corrected chi connectivity index (χ3v) is 6.30. The molecule has 11 heteroatoms. The molecule has 1 aliphatic heterocycles. The fourth-order valence-electron chi connectivity index (χ4n) is 3.39. The van der Waals surface area contributed by atoms with Crippen LogP contribution < -0.4 is 14.8 Å². The quantitative estimate of drug-likeness (QED) is 0.369. The summed E-state index contributed by atoms with van der Waals surface area (Å²) in [5.74, 6) is -1.26. The highest BCUT2D eigenvalue weighted by Crippen LogP contribution is 2.39. The van der Waals surface area contributed by atoms with Gasteiger partial charge in [-0.3, -0.25) is 19.3 Å². The van der Waals surface area contributed by atoms with Gasteiger partial charge >= 0.3 is 5.97 Å². The van der Waals surface area contributed by atoms with Crippen molar-refractivity contribution >= 4 is 58.1 Å². The van der Waals surface area contributed by atoms with Crippen LogP contribution in [0.25, 0.3) is 6.08 Å². The average molecular weight is 533 g/mol. The number of aryl methyl sites for hydroxylation is 2. The second kappa shape index (κ2) is 12.0. The predicted octanol–water partition coefficient (Wildman–Crippen LogP) is 4.58. The number of para-hydroxylation sites is 1. The van der Waals surface area contributed by atoms with Crippen molar-refractivity contribution in [3.63, 3.8) is 0 Å². The van der Waals surface area contributed by atoms with E-state index in [2.05, 4.69) is 10.1 Å². The number of ether oxygens (including phenoxy) is 3. The molecule has 1 heterocycles. The number of methoxy groups -OCH3 is 1. The van der Waals surface area contributed by atoms with Gasteiger partial charge in [0.1, 0.15) is 6.54 Å². The number of benzene rings is 2. The summed E-state index contributed by atoms with van der Waals surface area (Å²) in [7, 11) is 1.24. The van der Waals surface area contributed by atoms with Crippen molar-refractivity contribution in [2.45, 2.75) is 20.8 Å². The zero-order valence-corrected chi connectivity index (χ0v) is 21.7. The third kappa shape index (κ3) is 6.38. The van der Waals surface area contributed by atoms with Crippen LogP contribution >= 0.6 is 23.4 Å². The van der Waals surface area contributed by atoms with E-state index in [-0.39, 0.29) is 28.0 Å². The first-order valence-corrected chi connectivity index (χ1v) is 12.1. The molecule has 3 rings (SSSR count). The van der Waals surface area contributed by atoms with Gasteiger partial charge in [-0.2, -0.15) is 0 Å². The molecule has 0 atom stereocenters. The molecule has 0 spiro atoms. The van der Waals surface area contributed by atoms with E-state index in [1.807, 2.05) is 32.0 Å². The lowest BCUT2D eigenvalue weighted by Gasteiger charge is -2.15. The number of rotatable bonds is 9. The van der Waals surface area contributed by atoms with Crippen LogP contribution in [-0.2, 0) is 19.1 Å². The van der Waals surface area contributed by atoms with Gasteiger partial charge in [0.15, 0.2) is 18.1 Å². The molecule has 3 amide bonds. The van der Waals surface area contributed by atoms with Gasteiger partial charge in [-0.25, -0.2) is 4.79 Å². The zero-order chi connectivity index (χ0) is 26.4. The molecule has 1 saturated heterocycles. The van der Waals surface area contributed by atoms with E-state index in [0.717, 1.165) is 27.8 Å². The minimum atomic E-state index is -0.596. The SMILES string of the molecule is CCOc1cc(/C=C2\SC(=O)N(CC(=O)Nc3c(C)cccc3C)C2=O)cc(Cl)c1OCC(=O)OC. The Morgan fingerprint density at radius 3 is 2.47 bits per heavy atom. The molecule has 2 aromatic rings. The summed E-state index contributed by atoms with van der Waals surface area (Å²) in [5, 5.41) is 2.36. The number of hydrogen-bond acceptors (Lipinski definition) is 8. The number of esters is 1. The largest absolute Gasteiger partial charge is 0.490 e. The van der Waals surface area contributed by atoms with Gasteiger partial charge in [0.05, 0.1) is 23.6 Å². The van der Waals surface area contributed by atoms with Crippen LogP contribution in [0.5, 0.6) is 11.5 Å². The van der Waals surface area contributed by atoms with Crippen molar-refractivity contribution < 1.29 is 33.4 Å². The number of nitrogens with zero attached hydrogens (tertiary/aromatic N) is 1. The van der Waals surface area contributed by atoms with E-state index in [4.69, 9.17) is 21.1 Å². The Hall–Kier alpha value is -3.50. The normalized spacial score (nSPS) is 14.2. The minimum Gasteiger partial charge on any atom is -0.490 e. The minimum absolute atomic E-state index is 0.126. The fourth-order valence-corrected chi connectivity index (χ4v) is 4.50. The highest BCUT2D eigenvalue weighted by Gasteiger charge is 2.36. The van der Waals surface area contributed by atoms with Crippen molar-refractivity contribution in [3.8, 4) is 11.5 Å². The molecule has 0 radical (unpaired) electrons. The summed E-state index contributed by atoms with van der Waals surface area (Å²) in [6.45, 7) is 5.00. The number of anilines is 1. The molecule has 1 N–H and O–H groups in total. The lowest BCUT2D eigenvalue weighted by Crippen LogP contribution is -2.36. The summed E-state index contributed by atoms with van der Waals surface area (Å²) in [6.07, 6.45) is 1.48. The summed E-state index contributed by atoms with van der Waals surface area (Å²) in [6, 6.07) is 8.68. The van der Waals surface area contributed by atoms with E-state index < -0.39 is 29.6 Å². The van der Waals surface area contributed by atoms with Crippen LogP contribution in [0.3, 0.4) is 0 Å². The molecule has 2 aromatic carbocycles. The van der Waals surface area contributed by atoms with Gasteiger partial charge in [-0.05, 0) is 67.4 Å². The van der Waals surface area contributed by atoms with E-state index in [9.17, 15) is 19.2 Å². The van der Waals surface area contributed by atoms with Crippen LogP contribution in [0, 0.1) is 13.8 Å². The topological polar surface area (TPSA) is 111 Å². The summed E-state index contributed by atoms with van der Waals surface area (Å²) < 4.78 is 15.6. The number of nitrogens with one attached hydrogen (secondary N) is 1. The maximum Gasteiger partial charge on any atom is 0.343 e. The Morgan fingerprint density at radius 2 is 1.83 bits per heavy atom. The molecule has 9 nitrogen and oxygen atoms in total. The standard InChI is InChI=1S/C25H25ClN2O7S/c1-5-34-18-10-16(9-17(26)23(18)35-13-21(30)33-4)11-19-24(31)28(25(32)36-19)12-20(29)27-22-14(2)7-6-8-15(22)3/h6-11H,5,12-13H2,1-4H3,(H,27,29)/b19-11-. The van der Waals surface area contributed by atoms with E-state index in [1.165, 1.54) is 19.3 Å². The molecule has 0 saturated carbocycles. The van der Waals surface area contributed by atoms with Gasteiger partial charge < -0.3 is 19.5 Å². The Balaban J connectivity index is 1.78. The average Bonchev–Trinajstić information content (AvgIpc) is 3.08. The second-order valence-corrected chi connectivity index (χ2v) is 9.11. The molecule has 1 aliphatic rings. The van der Waals surface area contributed by atoms with Crippen LogP contribution in [0.15, 0.2) is 35.2 Å². The van der Waals surface area contributed by atoms with Crippen LogP contribution in [-0.4, -0.2) is 54.8 Å². The predicted molar refractivity (Wildman–Crippen MR) is 137 cm³/mol. The molecular weight excluding hydrogens is 508 g/mol. The van der Waals surface area contributed by atoms with Crippen LogP contribution in [0.1, 0.15) is 23.6 Å². The molecular formula is C25H25ClN2O7S. The number of halogens is 1. The molecule has 0 unspecified atom stereocenters. The van der Waals surface area contributed by atoms with Gasteiger partial charge in [0.2, 0.25) is 5.91 Å². The lowest BCUT2D eigenvalue weighted by atomic mass is 10.1. The fraction of sp³-hybridized carbons (Fsp3) is 0.280. The number of carbonyl (C=O) groups excluding carboxylic acids is 4. The van der Waals surface area contributed by atoms with E-state index in [1.54, 1.807) is 13.0 Å². The molecule has 0 bridgehead atoms. The number of hydrogen-bond donors (Lipinski definition) is 1. The summed E-state index contributed by atoms with van der Waals surface area (Å²) in [5.41, 5.74) is 2.87. The Bertz CT molecular complexity index is 1220. The molecule has 36 heavy (non-hydrogen) atoms. The van der Waals surface area contributed by atoms with E-state index >= 15 is 0 Å². The highest BCUT2D eigenvalue weighted by atomic mass is 35.5. The molecule has 0 aliphatic carbocycles. The monoisotopic (exact) mass is 532 g/mol. The van der Waals surface area contributed by atoms with Gasteiger partial charge in [0, 0.05) is 5.69 Å². The Kier molecular flexibility index (Phi) is 9.00. The Labute approximate surface area is 217 Å². The van der Waals surface area contributed by atoms with Crippen LogP contribution in [0.2, 0.25) is 5.02 Å². The third-order valence-electron chi connectivity index (χ3n) is 5.11.